The number of sulfonamides is 1. The van der Waals surface area contributed by atoms with Gasteiger partial charge in [0.05, 0.1) is 4.90 Å². The zero-order chi connectivity index (χ0) is 22.3. The van der Waals surface area contributed by atoms with E-state index in [0.29, 0.717) is 30.5 Å². The Hall–Kier alpha value is -2.83. The number of amides is 2. The molecule has 0 spiro atoms. The molecule has 3 N–H and O–H groups in total. The van der Waals surface area contributed by atoms with E-state index in [9.17, 15) is 18.0 Å². The lowest BCUT2D eigenvalue weighted by molar-refractivity contribution is -0.123. The van der Waals surface area contributed by atoms with E-state index in [-0.39, 0.29) is 17.0 Å². The number of aromatic nitrogens is 1. The largest absolute Gasteiger partial charge is 0.486 e. The first-order chi connectivity index (χ1) is 14.9. The highest BCUT2D eigenvalue weighted by Gasteiger charge is 2.27. The number of carbonyl (C=O) groups is 2. The van der Waals surface area contributed by atoms with E-state index in [1.54, 1.807) is 12.1 Å². The van der Waals surface area contributed by atoms with Gasteiger partial charge in [-0.2, -0.15) is 16.5 Å². The molecule has 2 amide bonds. The molecular formula is C19H22N4O6S2. The number of pyridine rings is 1. The Labute approximate surface area is 184 Å². The number of benzene rings is 1. The van der Waals surface area contributed by atoms with Crippen LogP contribution >= 0.6 is 11.8 Å². The highest BCUT2D eigenvalue weighted by Crippen LogP contribution is 2.32. The topological polar surface area (TPSA) is 136 Å². The summed E-state index contributed by atoms with van der Waals surface area (Å²) in [5.74, 6) is -0.0108. The summed E-state index contributed by atoms with van der Waals surface area (Å²) in [5.41, 5.74) is 4.61. The molecule has 1 unspecified atom stereocenters. The standard InChI is InChI=1S/C19H22N4O6S2/c1-30-11-7-15(19(25)22-21-18(24)14-4-2-3-8-20-14)23-31(26,27)13-5-6-16-17(12-13)29-10-9-28-16/h2-6,8,12,15,23H,7,9-11H2,1H3,(H,21,24)(H,22,25). The number of nitrogens with zero attached hydrogens (tertiary/aromatic N) is 1. The van der Waals surface area contributed by atoms with Crippen molar-refractivity contribution in [3.05, 3.63) is 48.3 Å². The number of thioether (sulfide) groups is 1. The Kier molecular flexibility index (Phi) is 7.71. The number of carbonyl (C=O) groups excluding carboxylic acids is 2. The third-order valence-corrected chi connectivity index (χ3v) is 6.36. The fraction of sp³-hybridized carbons (Fsp3) is 0.316. The minimum absolute atomic E-state index is 0.0591. The predicted octanol–water partition coefficient (Wildman–Crippen LogP) is 0.714. The number of nitrogens with one attached hydrogen (secondary N) is 3. The average molecular weight is 467 g/mol. The molecule has 0 saturated heterocycles. The first-order valence-electron chi connectivity index (χ1n) is 9.33. The van der Waals surface area contributed by atoms with Gasteiger partial charge in [0, 0.05) is 12.3 Å². The zero-order valence-corrected chi connectivity index (χ0v) is 18.3. The smallest absolute Gasteiger partial charge is 0.288 e. The summed E-state index contributed by atoms with van der Waals surface area (Å²) in [6, 6.07) is 7.90. The third-order valence-electron chi connectivity index (χ3n) is 4.25. The van der Waals surface area contributed by atoms with Gasteiger partial charge in [-0.25, -0.2) is 8.42 Å². The highest BCUT2D eigenvalue weighted by molar-refractivity contribution is 7.98. The van der Waals surface area contributed by atoms with Gasteiger partial charge in [-0.3, -0.25) is 25.4 Å². The maximum absolute atomic E-state index is 12.9. The Bertz CT molecular complexity index is 1030. The predicted molar refractivity (Wildman–Crippen MR) is 114 cm³/mol. The monoisotopic (exact) mass is 466 g/mol. The lowest BCUT2D eigenvalue weighted by atomic mass is 10.2. The van der Waals surface area contributed by atoms with Crippen LogP contribution in [0, 0.1) is 0 Å². The second-order valence-electron chi connectivity index (χ2n) is 6.42. The van der Waals surface area contributed by atoms with Gasteiger partial charge in [-0.15, -0.1) is 0 Å². The quantitative estimate of drug-likeness (QED) is 0.484. The summed E-state index contributed by atoms with van der Waals surface area (Å²) in [5, 5.41) is 0. The molecule has 31 heavy (non-hydrogen) atoms. The molecule has 0 radical (unpaired) electrons. The van der Waals surface area contributed by atoms with E-state index in [1.807, 2.05) is 6.26 Å². The molecule has 1 aliphatic rings. The van der Waals surface area contributed by atoms with Crippen LogP contribution in [0.4, 0.5) is 0 Å². The Morgan fingerprint density at radius 3 is 2.61 bits per heavy atom. The fourth-order valence-electron chi connectivity index (χ4n) is 2.69. The van der Waals surface area contributed by atoms with Crippen molar-refractivity contribution in [1.82, 2.24) is 20.6 Å². The number of hydrogen-bond acceptors (Lipinski definition) is 8. The molecule has 12 heteroatoms. The van der Waals surface area contributed by atoms with Crippen molar-refractivity contribution < 1.29 is 27.5 Å². The molecule has 0 fully saturated rings. The molecule has 1 aliphatic heterocycles. The van der Waals surface area contributed by atoms with Gasteiger partial charge in [0.25, 0.3) is 11.8 Å². The normalized spacial score (nSPS) is 13.8. The first kappa shape index (κ1) is 22.8. The minimum atomic E-state index is -4.04. The third kappa shape index (κ3) is 6.09. The van der Waals surface area contributed by atoms with Crippen molar-refractivity contribution in [1.29, 1.82) is 0 Å². The van der Waals surface area contributed by atoms with Crippen molar-refractivity contribution in [2.24, 2.45) is 0 Å². The Morgan fingerprint density at radius 2 is 1.90 bits per heavy atom. The van der Waals surface area contributed by atoms with Gasteiger partial charge in [0.15, 0.2) is 11.5 Å². The van der Waals surface area contributed by atoms with E-state index in [1.165, 1.54) is 42.2 Å². The van der Waals surface area contributed by atoms with Crippen molar-refractivity contribution in [2.45, 2.75) is 17.4 Å². The summed E-state index contributed by atoms with van der Waals surface area (Å²) < 4.78 is 39.0. The second kappa shape index (κ2) is 10.5. The lowest BCUT2D eigenvalue weighted by Gasteiger charge is -2.21. The average Bonchev–Trinajstić information content (AvgIpc) is 2.80. The van der Waals surface area contributed by atoms with Gasteiger partial charge < -0.3 is 9.47 Å². The van der Waals surface area contributed by atoms with Crippen LogP contribution in [-0.2, 0) is 14.8 Å². The molecule has 10 nitrogen and oxygen atoms in total. The van der Waals surface area contributed by atoms with Crippen LogP contribution in [0.25, 0.3) is 0 Å². The van der Waals surface area contributed by atoms with Gasteiger partial charge in [-0.1, -0.05) is 6.07 Å². The van der Waals surface area contributed by atoms with Crippen molar-refractivity contribution in [3.63, 3.8) is 0 Å². The Morgan fingerprint density at radius 1 is 1.13 bits per heavy atom. The SMILES string of the molecule is CSCCC(NS(=O)(=O)c1ccc2c(c1)OCCO2)C(=O)NNC(=O)c1ccccn1. The molecule has 166 valence electrons. The van der Waals surface area contributed by atoms with Crippen molar-refractivity contribution in [2.75, 3.05) is 25.2 Å². The van der Waals surface area contributed by atoms with Crippen molar-refractivity contribution in [3.8, 4) is 11.5 Å². The van der Waals surface area contributed by atoms with Gasteiger partial charge in [-0.05, 0) is 42.7 Å². The maximum atomic E-state index is 12.9. The number of hydrogen-bond donors (Lipinski definition) is 3. The van der Waals surface area contributed by atoms with Gasteiger partial charge in [0.2, 0.25) is 10.0 Å². The van der Waals surface area contributed by atoms with Gasteiger partial charge in [0.1, 0.15) is 24.9 Å². The van der Waals surface area contributed by atoms with Crippen molar-refractivity contribution >= 4 is 33.6 Å². The zero-order valence-electron chi connectivity index (χ0n) is 16.7. The molecule has 0 saturated carbocycles. The van der Waals surface area contributed by atoms with Crippen LogP contribution in [0.1, 0.15) is 16.9 Å². The molecule has 1 atom stereocenters. The highest BCUT2D eigenvalue weighted by atomic mass is 32.2. The summed E-state index contributed by atoms with van der Waals surface area (Å²) in [4.78, 5) is 28.5. The van der Waals surface area contributed by atoms with Crippen LogP contribution in [0.2, 0.25) is 0 Å². The second-order valence-corrected chi connectivity index (χ2v) is 9.12. The summed E-state index contributed by atoms with van der Waals surface area (Å²) in [6.45, 7) is 0.706. The fourth-order valence-corrected chi connectivity index (χ4v) is 4.41. The minimum Gasteiger partial charge on any atom is -0.486 e. The molecule has 0 aliphatic carbocycles. The van der Waals surface area contributed by atoms with Crippen LogP contribution in [0.5, 0.6) is 11.5 Å². The van der Waals surface area contributed by atoms with Gasteiger partial charge >= 0.3 is 0 Å². The molecule has 2 heterocycles. The maximum Gasteiger partial charge on any atom is 0.288 e. The number of fused-ring (bicyclic) bond motifs is 1. The van der Waals surface area contributed by atoms with E-state index >= 15 is 0 Å². The molecule has 1 aromatic heterocycles. The van der Waals surface area contributed by atoms with E-state index in [4.69, 9.17) is 9.47 Å². The van der Waals surface area contributed by atoms with Crippen LogP contribution < -0.4 is 25.0 Å². The summed E-state index contributed by atoms with van der Waals surface area (Å²) in [7, 11) is -4.04. The van der Waals surface area contributed by atoms with Crippen LogP contribution in [-0.4, -0.2) is 56.5 Å². The molecular weight excluding hydrogens is 444 g/mol. The molecule has 3 rings (SSSR count). The molecule has 1 aromatic carbocycles. The number of ether oxygens (including phenoxy) is 2. The van der Waals surface area contributed by atoms with Crippen LogP contribution in [0.15, 0.2) is 47.5 Å². The summed E-state index contributed by atoms with van der Waals surface area (Å²) >= 11 is 1.46. The van der Waals surface area contributed by atoms with E-state index in [0.717, 1.165) is 0 Å². The summed E-state index contributed by atoms with van der Waals surface area (Å²) in [6.07, 6.45) is 3.50. The lowest BCUT2D eigenvalue weighted by Crippen LogP contribution is -2.52. The Balaban J connectivity index is 1.69. The number of hydrazine groups is 1. The number of rotatable bonds is 8. The van der Waals surface area contributed by atoms with E-state index in [2.05, 4.69) is 20.6 Å². The van der Waals surface area contributed by atoms with Crippen LogP contribution in [0.3, 0.4) is 0 Å². The first-order valence-corrected chi connectivity index (χ1v) is 12.2. The van der Waals surface area contributed by atoms with E-state index < -0.39 is 27.9 Å². The molecule has 0 bridgehead atoms. The molecule has 2 aromatic rings.